The van der Waals surface area contributed by atoms with Crippen LogP contribution in [0.2, 0.25) is 0 Å². The molecule has 0 saturated carbocycles. The molecule has 0 N–H and O–H groups in total. The third kappa shape index (κ3) is 2.60. The van der Waals surface area contributed by atoms with E-state index in [-0.39, 0.29) is 19.8 Å². The van der Waals surface area contributed by atoms with Crippen molar-refractivity contribution in [1.82, 2.24) is 0 Å². The summed E-state index contributed by atoms with van der Waals surface area (Å²) in [6.07, 6.45) is 0. The van der Waals surface area contributed by atoms with Gasteiger partial charge in [0.1, 0.15) is 0 Å². The molecule has 1 aliphatic heterocycles. The van der Waals surface area contributed by atoms with E-state index in [4.69, 9.17) is 0 Å². The molecule has 2 rings (SSSR count). The van der Waals surface area contributed by atoms with Gasteiger partial charge in [-0.05, 0) is 0 Å². The normalized spacial score (nSPS) is 17.3. The number of hydrogen-bond donors (Lipinski definition) is 0. The van der Waals surface area contributed by atoms with Gasteiger partial charge in [-0.2, -0.15) is 0 Å². The van der Waals surface area contributed by atoms with Gasteiger partial charge >= 0.3 is 91.1 Å². The zero-order chi connectivity index (χ0) is 8.23. The van der Waals surface area contributed by atoms with Gasteiger partial charge in [0.15, 0.2) is 0 Å². The summed E-state index contributed by atoms with van der Waals surface area (Å²) in [4.78, 5) is 0. The van der Waals surface area contributed by atoms with E-state index in [1.165, 1.54) is 11.5 Å². The van der Waals surface area contributed by atoms with E-state index >= 15 is 0 Å². The second-order valence-electron chi connectivity index (χ2n) is 2.75. The summed E-state index contributed by atoms with van der Waals surface area (Å²) in [6.45, 7) is 0. The molecule has 62 valence electrons. The molecular weight excluding hydrogens is 291 g/mol. The molecule has 1 fully saturated rings. The van der Waals surface area contributed by atoms with Crippen molar-refractivity contribution >= 4 is 44.0 Å². The fourth-order valence-electron chi connectivity index (χ4n) is 0.940. The molecule has 0 nitrogen and oxygen atoms in total. The third-order valence-corrected chi connectivity index (χ3v) is 11.3. The maximum atomic E-state index is 2.28. The standard InChI is InChI=1S/C6H5.C3H6S2.Sn/c1-2-4-6-5-3-1;4-3-1-5-2-3;/h1-5H;3-4H,1-2H2;/q;;+1/p-1. The van der Waals surface area contributed by atoms with E-state index in [1.807, 2.05) is 0 Å². The quantitative estimate of drug-likeness (QED) is 0.781. The van der Waals surface area contributed by atoms with Gasteiger partial charge in [-0.3, -0.25) is 0 Å². The van der Waals surface area contributed by atoms with Crippen molar-refractivity contribution in [3.05, 3.63) is 30.3 Å². The molecule has 0 aromatic heterocycles. The Morgan fingerprint density at radius 3 is 2.58 bits per heavy atom. The molecule has 1 aliphatic rings. The van der Waals surface area contributed by atoms with Crippen LogP contribution in [0.4, 0.5) is 0 Å². The van der Waals surface area contributed by atoms with Crippen LogP contribution in [0.1, 0.15) is 0 Å². The van der Waals surface area contributed by atoms with Gasteiger partial charge in [0.05, 0.1) is 0 Å². The van der Waals surface area contributed by atoms with E-state index in [9.17, 15) is 0 Å². The predicted octanol–water partition coefficient (Wildman–Crippen LogP) is 1.78. The zero-order valence-corrected chi connectivity index (χ0v) is 11.2. The van der Waals surface area contributed by atoms with Gasteiger partial charge in [-0.1, -0.05) is 0 Å². The molecule has 1 heterocycles. The summed E-state index contributed by atoms with van der Waals surface area (Å²) in [7, 11) is 2.27. The first-order chi connectivity index (χ1) is 5.95. The first-order valence-corrected chi connectivity index (χ1v) is 11.0. The average Bonchev–Trinajstić information content (AvgIpc) is 2.04. The third-order valence-electron chi connectivity index (χ3n) is 1.72. The van der Waals surface area contributed by atoms with Gasteiger partial charge in [-0.15, -0.1) is 0 Å². The fourth-order valence-corrected chi connectivity index (χ4v) is 10.7. The Bertz CT molecular complexity index is 234. The average molecular weight is 301 g/mol. The van der Waals surface area contributed by atoms with Crippen molar-refractivity contribution in [1.29, 1.82) is 0 Å². The van der Waals surface area contributed by atoms with Gasteiger partial charge in [0, 0.05) is 0 Å². The minimum atomic E-state index is -0.284. The van der Waals surface area contributed by atoms with Gasteiger partial charge in [-0.25, -0.2) is 0 Å². The molecule has 0 atom stereocenters. The molecule has 0 amide bonds. The zero-order valence-electron chi connectivity index (χ0n) is 6.69. The van der Waals surface area contributed by atoms with Crippen LogP contribution in [0.3, 0.4) is 0 Å². The SMILES string of the molecule is c1cc[c]([Sn][S]C2CSC2)cc1. The minimum absolute atomic E-state index is 0.284. The van der Waals surface area contributed by atoms with Crippen LogP contribution in [0, 0.1) is 0 Å². The molecule has 12 heavy (non-hydrogen) atoms. The molecule has 0 unspecified atom stereocenters. The van der Waals surface area contributed by atoms with E-state index in [0.29, 0.717) is 0 Å². The molecule has 3 heteroatoms. The van der Waals surface area contributed by atoms with Crippen molar-refractivity contribution in [2.75, 3.05) is 11.5 Å². The second-order valence-corrected chi connectivity index (χ2v) is 10.3. The molecule has 0 aliphatic carbocycles. The second kappa shape index (κ2) is 4.82. The van der Waals surface area contributed by atoms with Crippen molar-refractivity contribution in [3.8, 4) is 0 Å². The van der Waals surface area contributed by atoms with Crippen molar-refractivity contribution in [2.45, 2.75) is 5.25 Å². The van der Waals surface area contributed by atoms with Crippen LogP contribution < -0.4 is 3.58 Å². The summed E-state index contributed by atoms with van der Waals surface area (Å²) in [6, 6.07) is 11.0. The summed E-state index contributed by atoms with van der Waals surface area (Å²) >= 11 is 1.80. The van der Waals surface area contributed by atoms with Crippen LogP contribution in [-0.2, 0) is 0 Å². The van der Waals surface area contributed by atoms with Crippen LogP contribution in [0.25, 0.3) is 0 Å². The van der Waals surface area contributed by atoms with E-state index in [2.05, 4.69) is 51.0 Å². The van der Waals surface area contributed by atoms with Gasteiger partial charge in [0.2, 0.25) is 0 Å². The number of benzene rings is 1. The molecule has 1 aromatic carbocycles. The van der Waals surface area contributed by atoms with Gasteiger partial charge < -0.3 is 0 Å². The van der Waals surface area contributed by atoms with Crippen molar-refractivity contribution in [3.63, 3.8) is 0 Å². The molecule has 0 spiro atoms. The Kier molecular flexibility index (Phi) is 3.73. The Morgan fingerprint density at radius 1 is 1.25 bits per heavy atom. The Hall–Kier alpha value is 0.719. The summed E-state index contributed by atoms with van der Waals surface area (Å²) < 4.78 is 1.63. The number of thioether (sulfide) groups is 1. The van der Waals surface area contributed by atoms with E-state index in [0.717, 1.165) is 5.25 Å². The maximum absolute atomic E-state index is 2.28. The van der Waals surface area contributed by atoms with Gasteiger partial charge in [0.25, 0.3) is 0 Å². The Balaban J connectivity index is 1.79. The summed E-state index contributed by atoms with van der Waals surface area (Å²) in [5.74, 6) is 2.80. The summed E-state index contributed by atoms with van der Waals surface area (Å²) in [5, 5.41) is 1.00. The molecule has 0 bridgehead atoms. The summed E-state index contributed by atoms with van der Waals surface area (Å²) in [5.41, 5.74) is 0. The van der Waals surface area contributed by atoms with Crippen LogP contribution in [-0.4, -0.2) is 36.5 Å². The Morgan fingerprint density at radius 2 is 2.00 bits per heavy atom. The van der Waals surface area contributed by atoms with Crippen LogP contribution in [0.15, 0.2) is 30.3 Å². The first-order valence-electron chi connectivity index (χ1n) is 3.99. The number of hydrogen-bond acceptors (Lipinski definition) is 2. The van der Waals surface area contributed by atoms with E-state index in [1.54, 1.807) is 3.58 Å². The molecular formula is C9H10S2Sn. The Labute approximate surface area is 90.6 Å². The monoisotopic (exact) mass is 302 g/mol. The molecule has 1 aromatic rings. The van der Waals surface area contributed by atoms with Crippen LogP contribution >= 0.6 is 20.7 Å². The number of rotatable bonds is 3. The topological polar surface area (TPSA) is 0 Å². The molecule has 2 radical (unpaired) electrons. The van der Waals surface area contributed by atoms with Crippen molar-refractivity contribution in [2.24, 2.45) is 0 Å². The van der Waals surface area contributed by atoms with Crippen LogP contribution in [0.5, 0.6) is 0 Å². The fraction of sp³-hybridized carbons (Fsp3) is 0.333. The predicted molar refractivity (Wildman–Crippen MR) is 60.5 cm³/mol. The molecule has 1 saturated heterocycles. The first kappa shape index (κ1) is 9.28. The van der Waals surface area contributed by atoms with Crippen molar-refractivity contribution < 1.29 is 0 Å². The van der Waals surface area contributed by atoms with E-state index < -0.39 is 0 Å².